The number of allylic oxidation sites excluding steroid dienone is 2. The molecule has 1 heterocycles. The van der Waals surface area contributed by atoms with Gasteiger partial charge in [0.05, 0.1) is 6.04 Å². The first kappa shape index (κ1) is 10.1. The molecule has 2 rings (SSSR count). The highest BCUT2D eigenvalue weighted by Crippen LogP contribution is 2.14. The molecule has 3 heteroatoms. The Balaban J connectivity index is 1.98. The van der Waals surface area contributed by atoms with Crippen molar-refractivity contribution in [1.29, 1.82) is 0 Å². The molecule has 0 amide bonds. The van der Waals surface area contributed by atoms with E-state index in [9.17, 15) is 0 Å². The highest BCUT2D eigenvalue weighted by atomic mass is 16.5. The Morgan fingerprint density at radius 2 is 2.20 bits per heavy atom. The van der Waals surface area contributed by atoms with Crippen LogP contribution in [0, 0.1) is 0 Å². The molecular formula is C12H14N2O. The second-order valence-corrected chi connectivity index (χ2v) is 3.64. The van der Waals surface area contributed by atoms with Crippen LogP contribution in [0.15, 0.2) is 48.3 Å². The van der Waals surface area contributed by atoms with Crippen LogP contribution in [0.5, 0.6) is 0 Å². The Morgan fingerprint density at radius 1 is 1.40 bits per heavy atom. The third-order valence-corrected chi connectivity index (χ3v) is 2.50. The van der Waals surface area contributed by atoms with Crippen molar-refractivity contribution < 1.29 is 5.21 Å². The number of hydrogen-bond acceptors (Lipinski definition) is 3. The Labute approximate surface area is 89.1 Å². The van der Waals surface area contributed by atoms with Crippen LogP contribution in [-0.4, -0.2) is 16.2 Å². The normalized spacial score (nSPS) is 20.1. The molecule has 1 aliphatic carbocycles. The molecule has 2 N–H and O–H groups in total. The van der Waals surface area contributed by atoms with E-state index in [0.717, 1.165) is 12.8 Å². The van der Waals surface area contributed by atoms with Gasteiger partial charge in [-0.1, -0.05) is 18.2 Å². The van der Waals surface area contributed by atoms with Gasteiger partial charge in [0.2, 0.25) is 0 Å². The maximum absolute atomic E-state index is 8.73. The van der Waals surface area contributed by atoms with Crippen LogP contribution in [-0.2, 0) is 6.42 Å². The van der Waals surface area contributed by atoms with Crippen molar-refractivity contribution in [2.45, 2.75) is 18.9 Å². The fourth-order valence-corrected chi connectivity index (χ4v) is 1.63. The monoisotopic (exact) mass is 202 g/mol. The van der Waals surface area contributed by atoms with E-state index in [1.807, 2.05) is 18.2 Å². The van der Waals surface area contributed by atoms with Crippen molar-refractivity contribution in [3.63, 3.8) is 0 Å². The maximum atomic E-state index is 8.73. The summed E-state index contributed by atoms with van der Waals surface area (Å²) in [5, 5.41) is 8.73. The summed E-state index contributed by atoms with van der Waals surface area (Å²) in [6.45, 7) is 0. The van der Waals surface area contributed by atoms with Crippen molar-refractivity contribution in [3.8, 4) is 0 Å². The molecule has 0 fully saturated rings. The molecule has 1 aromatic rings. The van der Waals surface area contributed by atoms with Gasteiger partial charge >= 0.3 is 0 Å². The summed E-state index contributed by atoms with van der Waals surface area (Å²) in [4.78, 5) is 3.98. The van der Waals surface area contributed by atoms with Crippen LogP contribution in [0.2, 0.25) is 0 Å². The molecule has 1 unspecified atom stereocenters. The molecule has 0 aliphatic heterocycles. The van der Waals surface area contributed by atoms with Gasteiger partial charge in [0.25, 0.3) is 0 Å². The average Bonchev–Trinajstić information content (AvgIpc) is 2.31. The lowest BCUT2D eigenvalue weighted by Crippen LogP contribution is -2.24. The zero-order valence-electron chi connectivity index (χ0n) is 8.43. The molecule has 3 nitrogen and oxygen atoms in total. The molecule has 78 valence electrons. The van der Waals surface area contributed by atoms with Gasteiger partial charge in [-0.15, -0.1) is 0 Å². The van der Waals surface area contributed by atoms with Crippen LogP contribution in [0.3, 0.4) is 0 Å². The minimum atomic E-state index is 0.0613. The Morgan fingerprint density at radius 3 is 2.80 bits per heavy atom. The second-order valence-electron chi connectivity index (χ2n) is 3.64. The molecule has 1 atom stereocenters. The van der Waals surface area contributed by atoms with Gasteiger partial charge in [-0.2, -0.15) is 5.48 Å². The summed E-state index contributed by atoms with van der Waals surface area (Å²) in [7, 11) is 0. The average molecular weight is 202 g/mol. The van der Waals surface area contributed by atoms with Gasteiger partial charge < -0.3 is 5.21 Å². The molecular weight excluding hydrogens is 188 g/mol. The molecule has 0 spiro atoms. The standard InChI is InChI=1S/C12H14N2O/c15-14-12-3-1-10(2-4-12)9-11-5-7-13-8-6-11/h1-3,5-8,12,14-15H,4,9H2. The number of rotatable bonds is 3. The van der Waals surface area contributed by atoms with E-state index in [1.165, 1.54) is 11.1 Å². The van der Waals surface area contributed by atoms with E-state index in [0.29, 0.717) is 0 Å². The first-order chi connectivity index (χ1) is 7.38. The summed E-state index contributed by atoms with van der Waals surface area (Å²) in [6.07, 6.45) is 11.6. The number of nitrogens with zero attached hydrogens (tertiary/aromatic N) is 1. The van der Waals surface area contributed by atoms with Crippen LogP contribution in [0.4, 0.5) is 0 Å². The van der Waals surface area contributed by atoms with Gasteiger partial charge in [-0.3, -0.25) is 4.98 Å². The van der Waals surface area contributed by atoms with Crippen LogP contribution < -0.4 is 5.48 Å². The summed E-state index contributed by atoms with van der Waals surface area (Å²) >= 11 is 0. The summed E-state index contributed by atoms with van der Waals surface area (Å²) in [5.74, 6) is 0. The molecule has 0 bridgehead atoms. The predicted molar refractivity (Wildman–Crippen MR) is 58.5 cm³/mol. The zero-order valence-corrected chi connectivity index (χ0v) is 8.43. The van der Waals surface area contributed by atoms with E-state index in [4.69, 9.17) is 5.21 Å². The van der Waals surface area contributed by atoms with Gasteiger partial charge in [-0.05, 0) is 36.1 Å². The van der Waals surface area contributed by atoms with Gasteiger partial charge in [-0.25, -0.2) is 0 Å². The Kier molecular flexibility index (Phi) is 3.27. The van der Waals surface area contributed by atoms with E-state index in [-0.39, 0.29) is 6.04 Å². The molecule has 0 saturated heterocycles. The fourth-order valence-electron chi connectivity index (χ4n) is 1.63. The number of aromatic nitrogens is 1. The highest BCUT2D eigenvalue weighted by molar-refractivity contribution is 5.30. The topological polar surface area (TPSA) is 45.1 Å². The maximum Gasteiger partial charge on any atom is 0.0537 e. The van der Waals surface area contributed by atoms with E-state index in [1.54, 1.807) is 12.4 Å². The van der Waals surface area contributed by atoms with Crippen molar-refractivity contribution in [3.05, 3.63) is 53.9 Å². The third kappa shape index (κ3) is 2.75. The van der Waals surface area contributed by atoms with E-state index >= 15 is 0 Å². The van der Waals surface area contributed by atoms with E-state index in [2.05, 4.69) is 22.6 Å². The van der Waals surface area contributed by atoms with Gasteiger partial charge in [0, 0.05) is 12.4 Å². The molecule has 1 aliphatic rings. The van der Waals surface area contributed by atoms with Crippen LogP contribution in [0.25, 0.3) is 0 Å². The van der Waals surface area contributed by atoms with Crippen molar-refractivity contribution in [2.24, 2.45) is 0 Å². The lowest BCUT2D eigenvalue weighted by molar-refractivity contribution is 0.143. The number of nitrogens with one attached hydrogen (secondary N) is 1. The molecule has 15 heavy (non-hydrogen) atoms. The largest absolute Gasteiger partial charge is 0.316 e. The second kappa shape index (κ2) is 4.87. The lowest BCUT2D eigenvalue weighted by atomic mass is 9.98. The van der Waals surface area contributed by atoms with Gasteiger partial charge in [0.15, 0.2) is 0 Å². The lowest BCUT2D eigenvalue weighted by Gasteiger charge is -2.14. The zero-order chi connectivity index (χ0) is 10.5. The van der Waals surface area contributed by atoms with E-state index < -0.39 is 0 Å². The summed E-state index contributed by atoms with van der Waals surface area (Å²) in [5.41, 5.74) is 4.79. The Bertz CT molecular complexity index is 370. The van der Waals surface area contributed by atoms with Crippen molar-refractivity contribution in [2.75, 3.05) is 0 Å². The molecule has 0 saturated carbocycles. The minimum Gasteiger partial charge on any atom is -0.316 e. The summed E-state index contributed by atoms with van der Waals surface area (Å²) in [6, 6.07) is 4.10. The number of hydroxylamine groups is 1. The SMILES string of the molecule is ONC1C=CC(Cc2ccncc2)=CC1. The number of hydrogen-bond donors (Lipinski definition) is 2. The van der Waals surface area contributed by atoms with Crippen LogP contribution in [0.1, 0.15) is 12.0 Å². The predicted octanol–water partition coefficient (Wildman–Crippen LogP) is 1.86. The Hall–Kier alpha value is -1.45. The molecule has 1 aromatic heterocycles. The van der Waals surface area contributed by atoms with Gasteiger partial charge in [0.1, 0.15) is 0 Å². The van der Waals surface area contributed by atoms with Crippen molar-refractivity contribution in [1.82, 2.24) is 10.5 Å². The third-order valence-electron chi connectivity index (χ3n) is 2.50. The fraction of sp³-hybridized carbons (Fsp3) is 0.250. The first-order valence-corrected chi connectivity index (χ1v) is 5.04. The first-order valence-electron chi connectivity index (χ1n) is 5.04. The molecule has 0 aromatic carbocycles. The number of pyridine rings is 1. The smallest absolute Gasteiger partial charge is 0.0537 e. The molecule has 0 radical (unpaired) electrons. The summed E-state index contributed by atoms with van der Waals surface area (Å²) < 4.78 is 0. The minimum absolute atomic E-state index is 0.0613. The highest BCUT2D eigenvalue weighted by Gasteiger charge is 2.06. The van der Waals surface area contributed by atoms with Crippen LogP contribution >= 0.6 is 0 Å². The van der Waals surface area contributed by atoms with Crippen molar-refractivity contribution >= 4 is 0 Å². The quantitative estimate of drug-likeness (QED) is 0.735.